The molecule has 8 nitrogen and oxygen atoms in total. The minimum atomic E-state index is -3.51. The number of nitrogens with zero attached hydrogens (tertiary/aromatic N) is 3. The lowest BCUT2D eigenvalue weighted by Crippen LogP contribution is -2.19. The molecule has 0 spiro atoms. The SMILES string of the molecule is Cl.O=[N+]([O-])c1ccc2nc(S(=O)(=O)CC3CCNC3)cnc2c1. The van der Waals surface area contributed by atoms with Crippen molar-refractivity contribution in [1.29, 1.82) is 0 Å². The van der Waals surface area contributed by atoms with E-state index in [0.717, 1.165) is 13.0 Å². The topological polar surface area (TPSA) is 115 Å². The van der Waals surface area contributed by atoms with Crippen LogP contribution in [0.1, 0.15) is 6.42 Å². The van der Waals surface area contributed by atoms with Crippen LogP contribution in [0, 0.1) is 16.0 Å². The molecular weight excluding hydrogens is 344 g/mol. The van der Waals surface area contributed by atoms with E-state index in [0.29, 0.717) is 17.6 Å². The Morgan fingerprint density at radius 1 is 1.35 bits per heavy atom. The zero-order chi connectivity index (χ0) is 15.7. The van der Waals surface area contributed by atoms with Gasteiger partial charge < -0.3 is 5.32 Å². The van der Waals surface area contributed by atoms with Gasteiger partial charge in [-0.1, -0.05) is 0 Å². The zero-order valence-corrected chi connectivity index (χ0v) is 13.6. The Hall–Kier alpha value is -1.84. The first-order valence-electron chi connectivity index (χ1n) is 6.80. The second-order valence-corrected chi connectivity index (χ2v) is 7.26. The molecule has 1 aromatic heterocycles. The summed E-state index contributed by atoms with van der Waals surface area (Å²) in [7, 11) is -3.51. The molecule has 1 aliphatic rings. The molecule has 0 radical (unpaired) electrons. The molecular formula is C13H15ClN4O4S. The third-order valence-electron chi connectivity index (χ3n) is 3.65. The fourth-order valence-electron chi connectivity index (χ4n) is 2.50. The molecule has 0 amide bonds. The quantitative estimate of drug-likeness (QED) is 0.647. The van der Waals surface area contributed by atoms with Crippen molar-refractivity contribution in [2.75, 3.05) is 18.8 Å². The summed E-state index contributed by atoms with van der Waals surface area (Å²) in [5, 5.41) is 13.8. The van der Waals surface area contributed by atoms with Gasteiger partial charge in [-0.25, -0.2) is 13.4 Å². The van der Waals surface area contributed by atoms with Crippen LogP contribution in [0.2, 0.25) is 0 Å². The van der Waals surface area contributed by atoms with Crippen LogP contribution in [0.3, 0.4) is 0 Å². The van der Waals surface area contributed by atoms with Gasteiger partial charge in [-0.15, -0.1) is 12.4 Å². The molecule has 1 fully saturated rings. The number of benzene rings is 1. The molecule has 0 saturated carbocycles. The molecule has 10 heteroatoms. The Morgan fingerprint density at radius 3 is 2.78 bits per heavy atom. The van der Waals surface area contributed by atoms with Crippen LogP contribution in [-0.4, -0.2) is 42.2 Å². The first-order valence-corrected chi connectivity index (χ1v) is 8.45. The Labute approximate surface area is 138 Å². The fraction of sp³-hybridized carbons (Fsp3) is 0.385. The van der Waals surface area contributed by atoms with E-state index in [1.807, 2.05) is 0 Å². The van der Waals surface area contributed by atoms with Crippen LogP contribution in [-0.2, 0) is 9.84 Å². The standard InChI is InChI=1S/C13H14N4O4S.ClH/c18-17(19)10-1-2-11-12(5-10)15-7-13(16-11)22(20,21)8-9-3-4-14-6-9;/h1-2,5,7,9,14H,3-4,6,8H2;1H. The van der Waals surface area contributed by atoms with E-state index < -0.39 is 14.8 Å². The van der Waals surface area contributed by atoms with Gasteiger partial charge in [0.15, 0.2) is 14.9 Å². The number of rotatable bonds is 4. The molecule has 0 aliphatic carbocycles. The van der Waals surface area contributed by atoms with Crippen LogP contribution in [0.5, 0.6) is 0 Å². The number of hydrogen-bond acceptors (Lipinski definition) is 7. The summed E-state index contributed by atoms with van der Waals surface area (Å²) in [5.74, 6) is 0.118. The van der Waals surface area contributed by atoms with Crippen molar-refractivity contribution in [2.45, 2.75) is 11.4 Å². The zero-order valence-electron chi connectivity index (χ0n) is 12.0. The fourth-order valence-corrected chi connectivity index (χ4v) is 4.02. The van der Waals surface area contributed by atoms with Crippen LogP contribution in [0.15, 0.2) is 29.4 Å². The minimum Gasteiger partial charge on any atom is -0.316 e. The Bertz CT molecular complexity index is 837. The van der Waals surface area contributed by atoms with Gasteiger partial charge in [-0.3, -0.25) is 15.1 Å². The summed E-state index contributed by atoms with van der Waals surface area (Å²) in [6, 6.07) is 3.98. The van der Waals surface area contributed by atoms with E-state index >= 15 is 0 Å². The number of fused-ring (bicyclic) bond motifs is 1. The van der Waals surface area contributed by atoms with E-state index in [9.17, 15) is 18.5 Å². The number of nitrogens with one attached hydrogen (secondary N) is 1. The van der Waals surface area contributed by atoms with Crippen LogP contribution in [0.4, 0.5) is 5.69 Å². The van der Waals surface area contributed by atoms with Crippen LogP contribution >= 0.6 is 12.4 Å². The number of nitro benzene ring substituents is 1. The number of sulfone groups is 1. The molecule has 0 bridgehead atoms. The highest BCUT2D eigenvalue weighted by Gasteiger charge is 2.25. The molecule has 1 aromatic carbocycles. The lowest BCUT2D eigenvalue weighted by atomic mass is 10.2. The van der Waals surface area contributed by atoms with E-state index in [2.05, 4.69) is 15.3 Å². The number of hydrogen-bond donors (Lipinski definition) is 1. The molecule has 3 rings (SSSR count). The van der Waals surface area contributed by atoms with E-state index in [4.69, 9.17) is 0 Å². The Balaban J connectivity index is 0.00000192. The summed E-state index contributed by atoms with van der Waals surface area (Å²) in [6.07, 6.45) is 2.00. The minimum absolute atomic E-state index is 0. The molecule has 1 unspecified atom stereocenters. The summed E-state index contributed by atoms with van der Waals surface area (Å²) < 4.78 is 24.7. The van der Waals surface area contributed by atoms with Crippen LogP contribution in [0.25, 0.3) is 11.0 Å². The Morgan fingerprint density at radius 2 is 2.13 bits per heavy atom. The molecule has 23 heavy (non-hydrogen) atoms. The van der Waals surface area contributed by atoms with E-state index in [1.54, 1.807) is 0 Å². The highest BCUT2D eigenvalue weighted by Crippen LogP contribution is 2.21. The van der Waals surface area contributed by atoms with Gasteiger partial charge in [-0.05, 0) is 31.5 Å². The summed E-state index contributed by atoms with van der Waals surface area (Å²) in [4.78, 5) is 18.3. The first kappa shape index (κ1) is 17.5. The van der Waals surface area contributed by atoms with Gasteiger partial charge >= 0.3 is 0 Å². The molecule has 2 aromatic rings. The molecule has 2 heterocycles. The smallest absolute Gasteiger partial charge is 0.271 e. The third-order valence-corrected chi connectivity index (χ3v) is 5.39. The largest absolute Gasteiger partial charge is 0.316 e. The maximum absolute atomic E-state index is 12.4. The van der Waals surface area contributed by atoms with Crippen LogP contribution < -0.4 is 5.32 Å². The van der Waals surface area contributed by atoms with Crippen molar-refractivity contribution in [2.24, 2.45) is 5.92 Å². The van der Waals surface area contributed by atoms with Gasteiger partial charge in [0.25, 0.3) is 5.69 Å². The van der Waals surface area contributed by atoms with Gasteiger partial charge in [0, 0.05) is 12.1 Å². The normalized spacial score (nSPS) is 17.8. The predicted molar refractivity (Wildman–Crippen MR) is 86.5 cm³/mol. The second kappa shape index (κ2) is 6.73. The highest BCUT2D eigenvalue weighted by molar-refractivity contribution is 7.91. The van der Waals surface area contributed by atoms with Crippen molar-refractivity contribution in [3.63, 3.8) is 0 Å². The summed E-state index contributed by atoms with van der Waals surface area (Å²) >= 11 is 0. The van der Waals surface area contributed by atoms with E-state index in [1.165, 1.54) is 24.4 Å². The van der Waals surface area contributed by atoms with Crippen molar-refractivity contribution in [3.05, 3.63) is 34.5 Å². The second-order valence-electron chi connectivity index (χ2n) is 5.28. The van der Waals surface area contributed by atoms with Gasteiger partial charge in [0.1, 0.15) is 0 Å². The number of aromatic nitrogens is 2. The van der Waals surface area contributed by atoms with Crippen molar-refractivity contribution in [3.8, 4) is 0 Å². The molecule has 1 aliphatic heterocycles. The first-order chi connectivity index (χ1) is 10.5. The van der Waals surface area contributed by atoms with Crippen molar-refractivity contribution in [1.82, 2.24) is 15.3 Å². The van der Waals surface area contributed by atoms with Gasteiger partial charge in [-0.2, -0.15) is 0 Å². The van der Waals surface area contributed by atoms with Crippen molar-refractivity contribution < 1.29 is 13.3 Å². The monoisotopic (exact) mass is 358 g/mol. The molecule has 124 valence electrons. The lowest BCUT2D eigenvalue weighted by molar-refractivity contribution is -0.384. The maximum Gasteiger partial charge on any atom is 0.271 e. The third kappa shape index (κ3) is 3.74. The molecule has 1 N–H and O–H groups in total. The molecule has 1 atom stereocenters. The number of halogens is 1. The summed E-state index contributed by atoms with van der Waals surface area (Å²) in [5.41, 5.74) is 0.529. The van der Waals surface area contributed by atoms with Gasteiger partial charge in [0.05, 0.1) is 27.9 Å². The Kier molecular flexibility index (Phi) is 5.12. The maximum atomic E-state index is 12.4. The van der Waals surface area contributed by atoms with Crippen molar-refractivity contribution >= 4 is 39.0 Å². The summed E-state index contributed by atoms with van der Waals surface area (Å²) in [6.45, 7) is 1.51. The van der Waals surface area contributed by atoms with E-state index in [-0.39, 0.29) is 34.8 Å². The number of non-ortho nitro benzene ring substituents is 1. The lowest BCUT2D eigenvalue weighted by Gasteiger charge is -2.09. The predicted octanol–water partition coefficient (Wildman–Crippen LogP) is 1.34. The average Bonchev–Trinajstić information content (AvgIpc) is 2.98. The average molecular weight is 359 g/mol. The molecule has 1 saturated heterocycles. The highest BCUT2D eigenvalue weighted by atomic mass is 35.5. The number of nitro groups is 1. The van der Waals surface area contributed by atoms with Gasteiger partial charge in [0.2, 0.25) is 0 Å².